The van der Waals surface area contributed by atoms with Gasteiger partial charge in [-0.2, -0.15) is 0 Å². The molecule has 0 bridgehead atoms. The summed E-state index contributed by atoms with van der Waals surface area (Å²) < 4.78 is 5.62. The summed E-state index contributed by atoms with van der Waals surface area (Å²) in [4.78, 5) is 2.65. The van der Waals surface area contributed by atoms with Gasteiger partial charge in [0.2, 0.25) is 0 Å². The highest BCUT2D eigenvalue weighted by Gasteiger charge is 2.38. The maximum Gasteiger partial charge on any atom is 0.138 e. The molecule has 0 spiro atoms. The second-order valence-corrected chi connectivity index (χ2v) is 6.75. The summed E-state index contributed by atoms with van der Waals surface area (Å²) >= 11 is 6.29. The van der Waals surface area contributed by atoms with Crippen LogP contribution in [-0.2, 0) is 0 Å². The van der Waals surface area contributed by atoms with E-state index in [2.05, 4.69) is 30.1 Å². The SMILES string of the molecule is CCCOc1ccc(NC2CC(C)N(C3CC3)C2)cc1Cl. The number of nitrogens with zero attached hydrogens (tertiary/aromatic N) is 1. The van der Waals surface area contributed by atoms with E-state index in [-0.39, 0.29) is 0 Å². The summed E-state index contributed by atoms with van der Waals surface area (Å²) in [6.45, 7) is 6.30. The first-order valence-corrected chi connectivity index (χ1v) is 8.49. The van der Waals surface area contributed by atoms with E-state index in [1.165, 1.54) is 19.3 Å². The lowest BCUT2D eigenvalue weighted by Gasteiger charge is -2.20. The van der Waals surface area contributed by atoms with Crippen LogP contribution in [0.4, 0.5) is 5.69 Å². The van der Waals surface area contributed by atoms with Crippen molar-refractivity contribution in [1.82, 2.24) is 4.90 Å². The number of anilines is 1. The molecule has 3 nitrogen and oxygen atoms in total. The van der Waals surface area contributed by atoms with Gasteiger partial charge in [0.05, 0.1) is 11.6 Å². The van der Waals surface area contributed by atoms with Crippen molar-refractivity contribution in [2.24, 2.45) is 0 Å². The van der Waals surface area contributed by atoms with Crippen molar-refractivity contribution in [3.63, 3.8) is 0 Å². The Balaban J connectivity index is 1.59. The third-order valence-corrected chi connectivity index (χ3v) is 4.70. The van der Waals surface area contributed by atoms with Crippen molar-refractivity contribution >= 4 is 17.3 Å². The van der Waals surface area contributed by atoms with Crippen LogP contribution in [0.15, 0.2) is 18.2 Å². The number of rotatable bonds is 6. The van der Waals surface area contributed by atoms with Gasteiger partial charge in [-0.3, -0.25) is 4.90 Å². The molecule has 0 amide bonds. The zero-order valence-corrected chi connectivity index (χ0v) is 13.7. The molecule has 1 aliphatic carbocycles. The zero-order chi connectivity index (χ0) is 14.8. The Bertz CT molecular complexity index is 490. The standard InChI is InChI=1S/C17H25ClN2O/c1-3-8-21-17-7-4-13(10-16(17)18)19-14-9-12(2)20(11-14)15-5-6-15/h4,7,10,12,14-15,19H,3,5-6,8-9,11H2,1-2H3. The molecule has 2 aliphatic rings. The van der Waals surface area contributed by atoms with E-state index in [1.807, 2.05) is 12.1 Å². The summed E-state index contributed by atoms with van der Waals surface area (Å²) in [6.07, 6.45) is 4.97. The lowest BCUT2D eigenvalue weighted by atomic mass is 10.2. The Morgan fingerprint density at radius 1 is 1.38 bits per heavy atom. The van der Waals surface area contributed by atoms with Gasteiger partial charge in [-0.25, -0.2) is 0 Å². The molecule has 1 saturated heterocycles. The number of likely N-dealkylation sites (tertiary alicyclic amines) is 1. The molecule has 4 heteroatoms. The van der Waals surface area contributed by atoms with E-state index in [4.69, 9.17) is 16.3 Å². The van der Waals surface area contributed by atoms with Crippen molar-refractivity contribution in [3.8, 4) is 5.75 Å². The van der Waals surface area contributed by atoms with E-state index in [0.29, 0.717) is 23.7 Å². The van der Waals surface area contributed by atoms with Crippen LogP contribution < -0.4 is 10.1 Å². The van der Waals surface area contributed by atoms with Gasteiger partial charge in [0.1, 0.15) is 5.75 Å². The Morgan fingerprint density at radius 3 is 2.86 bits per heavy atom. The first-order valence-electron chi connectivity index (χ1n) is 8.12. The van der Waals surface area contributed by atoms with Gasteiger partial charge < -0.3 is 10.1 Å². The van der Waals surface area contributed by atoms with Crippen molar-refractivity contribution in [2.45, 2.75) is 57.7 Å². The number of halogens is 1. The Kier molecular flexibility index (Phi) is 4.60. The molecule has 1 aromatic rings. The molecule has 1 aromatic carbocycles. The Hall–Kier alpha value is -0.930. The molecule has 1 aliphatic heterocycles. The fourth-order valence-electron chi connectivity index (χ4n) is 3.23. The number of benzene rings is 1. The Labute approximate surface area is 132 Å². The van der Waals surface area contributed by atoms with Crippen molar-refractivity contribution in [1.29, 1.82) is 0 Å². The lowest BCUT2D eigenvalue weighted by Crippen LogP contribution is -2.30. The molecule has 2 unspecified atom stereocenters. The summed E-state index contributed by atoms with van der Waals surface area (Å²) in [5.41, 5.74) is 1.10. The maximum absolute atomic E-state index is 6.29. The van der Waals surface area contributed by atoms with Crippen LogP contribution >= 0.6 is 11.6 Å². The number of nitrogens with one attached hydrogen (secondary N) is 1. The van der Waals surface area contributed by atoms with Gasteiger partial charge in [0.15, 0.2) is 0 Å². The normalized spacial score (nSPS) is 26.0. The van der Waals surface area contributed by atoms with Crippen LogP contribution in [0.5, 0.6) is 5.75 Å². The lowest BCUT2D eigenvalue weighted by molar-refractivity contribution is 0.257. The van der Waals surface area contributed by atoms with Crippen LogP contribution in [0.25, 0.3) is 0 Å². The second kappa shape index (κ2) is 6.45. The van der Waals surface area contributed by atoms with Crippen LogP contribution in [0.3, 0.4) is 0 Å². The molecule has 0 radical (unpaired) electrons. The first kappa shape index (κ1) is 15.0. The number of hydrogen-bond acceptors (Lipinski definition) is 3. The number of ether oxygens (including phenoxy) is 1. The maximum atomic E-state index is 6.29. The zero-order valence-electron chi connectivity index (χ0n) is 12.9. The highest BCUT2D eigenvalue weighted by atomic mass is 35.5. The van der Waals surface area contributed by atoms with Gasteiger partial charge in [0.25, 0.3) is 0 Å². The van der Waals surface area contributed by atoms with Gasteiger partial charge in [0, 0.05) is 30.4 Å². The first-order chi connectivity index (χ1) is 10.2. The quantitative estimate of drug-likeness (QED) is 0.854. The van der Waals surface area contributed by atoms with Gasteiger partial charge in [-0.15, -0.1) is 0 Å². The highest BCUT2D eigenvalue weighted by molar-refractivity contribution is 6.32. The molecule has 116 valence electrons. The average Bonchev–Trinajstić information content (AvgIpc) is 3.23. The fourth-order valence-corrected chi connectivity index (χ4v) is 3.47. The van der Waals surface area contributed by atoms with Crippen molar-refractivity contribution in [3.05, 3.63) is 23.2 Å². The van der Waals surface area contributed by atoms with Crippen LogP contribution in [-0.4, -0.2) is 36.2 Å². The van der Waals surface area contributed by atoms with Crippen LogP contribution in [0, 0.1) is 0 Å². The molecular weight excluding hydrogens is 284 g/mol. The monoisotopic (exact) mass is 308 g/mol. The molecule has 2 fully saturated rings. The van der Waals surface area contributed by atoms with Crippen molar-refractivity contribution < 1.29 is 4.74 Å². The van der Waals surface area contributed by atoms with E-state index in [9.17, 15) is 0 Å². The van der Waals surface area contributed by atoms with Gasteiger partial charge in [-0.05, 0) is 50.8 Å². The third-order valence-electron chi connectivity index (χ3n) is 4.40. The molecule has 1 heterocycles. The third kappa shape index (κ3) is 3.64. The summed E-state index contributed by atoms with van der Waals surface area (Å²) in [7, 11) is 0. The van der Waals surface area contributed by atoms with E-state index < -0.39 is 0 Å². The minimum atomic E-state index is 0.527. The van der Waals surface area contributed by atoms with Crippen molar-refractivity contribution in [2.75, 3.05) is 18.5 Å². The van der Waals surface area contributed by atoms with Crippen LogP contribution in [0.1, 0.15) is 39.5 Å². The molecule has 21 heavy (non-hydrogen) atoms. The molecule has 0 aromatic heterocycles. The molecule has 3 rings (SSSR count). The predicted octanol–water partition coefficient (Wildman–Crippen LogP) is 4.17. The number of hydrogen-bond donors (Lipinski definition) is 1. The summed E-state index contributed by atoms with van der Waals surface area (Å²) in [5, 5.41) is 4.32. The molecule has 1 N–H and O–H groups in total. The second-order valence-electron chi connectivity index (χ2n) is 6.35. The largest absolute Gasteiger partial charge is 0.492 e. The topological polar surface area (TPSA) is 24.5 Å². The minimum absolute atomic E-state index is 0.527. The summed E-state index contributed by atoms with van der Waals surface area (Å²) in [6, 6.07) is 8.09. The van der Waals surface area contributed by atoms with E-state index in [0.717, 1.165) is 30.4 Å². The summed E-state index contributed by atoms with van der Waals surface area (Å²) in [5.74, 6) is 0.781. The average molecular weight is 309 g/mol. The van der Waals surface area contributed by atoms with Gasteiger partial charge in [-0.1, -0.05) is 18.5 Å². The highest BCUT2D eigenvalue weighted by Crippen LogP contribution is 2.35. The van der Waals surface area contributed by atoms with Gasteiger partial charge >= 0.3 is 0 Å². The Morgan fingerprint density at radius 2 is 2.19 bits per heavy atom. The molecular formula is C17H25ClN2O. The fraction of sp³-hybridized carbons (Fsp3) is 0.647. The van der Waals surface area contributed by atoms with Crippen LogP contribution in [0.2, 0.25) is 5.02 Å². The minimum Gasteiger partial charge on any atom is -0.492 e. The smallest absolute Gasteiger partial charge is 0.138 e. The van der Waals surface area contributed by atoms with E-state index >= 15 is 0 Å². The molecule has 1 saturated carbocycles. The van der Waals surface area contributed by atoms with E-state index in [1.54, 1.807) is 0 Å². The predicted molar refractivity (Wildman–Crippen MR) is 88.5 cm³/mol. The molecule has 2 atom stereocenters.